The fourth-order valence-corrected chi connectivity index (χ4v) is 1.17. The summed E-state index contributed by atoms with van der Waals surface area (Å²) in [5, 5.41) is 8.51. The Morgan fingerprint density at radius 2 is 1.94 bits per heavy atom. The van der Waals surface area contributed by atoms with E-state index in [1.54, 1.807) is 0 Å². The lowest BCUT2D eigenvalue weighted by atomic mass is 10.2. The van der Waals surface area contributed by atoms with Crippen molar-refractivity contribution >= 4 is 11.9 Å². The Balaban J connectivity index is 2.97. The molecule has 92 valence electrons. The highest BCUT2D eigenvalue weighted by atomic mass is 16.5. The Morgan fingerprint density at radius 1 is 1.24 bits per heavy atom. The topological polar surface area (TPSA) is 82.1 Å². The summed E-state index contributed by atoms with van der Waals surface area (Å²) in [6, 6.07) is 4.37. The van der Waals surface area contributed by atoms with E-state index in [1.165, 1.54) is 32.4 Å². The fourth-order valence-electron chi connectivity index (χ4n) is 1.17. The van der Waals surface area contributed by atoms with Gasteiger partial charge in [0.2, 0.25) is 0 Å². The first kappa shape index (κ1) is 12.8. The van der Waals surface area contributed by atoms with Gasteiger partial charge in [-0.15, -0.1) is 0 Å². The average Bonchev–Trinajstić information content (AvgIpc) is 2.34. The van der Waals surface area contributed by atoms with E-state index in [2.05, 4.69) is 4.74 Å². The second-order valence-electron chi connectivity index (χ2n) is 3.04. The zero-order valence-electron chi connectivity index (χ0n) is 9.43. The standard InChI is InChI=1S/C11H12O6/c1-15-8-4-3-7(11(14)16-2)5-9(8)17-6-10(12)13/h3-5H,6H2,1-2H3,(H,12,13). The zero-order chi connectivity index (χ0) is 12.8. The molecule has 1 aromatic carbocycles. The molecule has 0 aliphatic heterocycles. The third-order valence-corrected chi connectivity index (χ3v) is 1.94. The minimum Gasteiger partial charge on any atom is -0.493 e. The Bertz CT molecular complexity index is 426. The van der Waals surface area contributed by atoms with Crippen LogP contribution < -0.4 is 9.47 Å². The molecular weight excluding hydrogens is 228 g/mol. The molecule has 0 spiro atoms. The number of hydrogen-bond acceptors (Lipinski definition) is 5. The van der Waals surface area contributed by atoms with Gasteiger partial charge in [0.15, 0.2) is 18.1 Å². The van der Waals surface area contributed by atoms with Crippen LogP contribution in [-0.2, 0) is 9.53 Å². The van der Waals surface area contributed by atoms with E-state index in [9.17, 15) is 9.59 Å². The molecule has 17 heavy (non-hydrogen) atoms. The molecule has 0 aliphatic carbocycles. The summed E-state index contributed by atoms with van der Waals surface area (Å²) in [5.74, 6) is -1.12. The summed E-state index contributed by atoms with van der Waals surface area (Å²) in [7, 11) is 2.67. The van der Waals surface area contributed by atoms with Crippen LogP contribution in [0.2, 0.25) is 0 Å². The summed E-state index contributed by atoms with van der Waals surface area (Å²) >= 11 is 0. The molecule has 0 saturated carbocycles. The maximum atomic E-state index is 11.3. The van der Waals surface area contributed by atoms with E-state index in [-0.39, 0.29) is 11.3 Å². The van der Waals surface area contributed by atoms with Crippen LogP contribution in [0, 0.1) is 0 Å². The molecule has 0 bridgehead atoms. The smallest absolute Gasteiger partial charge is 0.341 e. The van der Waals surface area contributed by atoms with Gasteiger partial charge in [-0.3, -0.25) is 0 Å². The highest BCUT2D eigenvalue weighted by Gasteiger charge is 2.12. The number of carbonyl (C=O) groups is 2. The summed E-state index contributed by atoms with van der Waals surface area (Å²) in [4.78, 5) is 21.7. The predicted molar refractivity (Wildman–Crippen MR) is 57.5 cm³/mol. The summed E-state index contributed by atoms with van der Waals surface area (Å²) in [6.07, 6.45) is 0. The number of carboxylic acid groups (broad SMARTS) is 1. The molecule has 0 radical (unpaired) electrons. The lowest BCUT2D eigenvalue weighted by Gasteiger charge is -2.10. The number of aliphatic carboxylic acids is 1. The fraction of sp³-hybridized carbons (Fsp3) is 0.273. The molecule has 1 rings (SSSR count). The molecule has 0 aliphatic rings. The first-order chi connectivity index (χ1) is 8.08. The van der Waals surface area contributed by atoms with Gasteiger partial charge < -0.3 is 19.3 Å². The van der Waals surface area contributed by atoms with Gasteiger partial charge in [-0.25, -0.2) is 9.59 Å². The molecule has 0 aromatic heterocycles. The highest BCUT2D eigenvalue weighted by Crippen LogP contribution is 2.28. The van der Waals surface area contributed by atoms with Gasteiger partial charge in [-0.1, -0.05) is 0 Å². The van der Waals surface area contributed by atoms with Gasteiger partial charge in [-0.2, -0.15) is 0 Å². The van der Waals surface area contributed by atoms with Gasteiger partial charge in [-0.05, 0) is 18.2 Å². The Hall–Kier alpha value is -2.24. The van der Waals surface area contributed by atoms with Crippen molar-refractivity contribution in [2.75, 3.05) is 20.8 Å². The SMILES string of the molecule is COC(=O)c1ccc(OC)c(OCC(=O)O)c1. The largest absolute Gasteiger partial charge is 0.493 e. The number of ether oxygens (including phenoxy) is 3. The number of methoxy groups -OCH3 is 2. The number of benzene rings is 1. The van der Waals surface area contributed by atoms with Crippen LogP contribution in [0.1, 0.15) is 10.4 Å². The van der Waals surface area contributed by atoms with E-state index in [1.807, 2.05) is 0 Å². The van der Waals surface area contributed by atoms with Crippen LogP contribution in [-0.4, -0.2) is 37.9 Å². The first-order valence-corrected chi connectivity index (χ1v) is 4.69. The summed E-state index contributed by atoms with van der Waals surface area (Å²) in [5.41, 5.74) is 0.258. The molecule has 1 aromatic rings. The minimum atomic E-state index is -1.12. The maximum absolute atomic E-state index is 11.3. The normalized spacial score (nSPS) is 9.53. The van der Waals surface area contributed by atoms with Crippen molar-refractivity contribution in [3.05, 3.63) is 23.8 Å². The number of esters is 1. The van der Waals surface area contributed by atoms with E-state index in [0.29, 0.717) is 5.75 Å². The summed E-state index contributed by atoms with van der Waals surface area (Å²) in [6.45, 7) is -0.513. The van der Waals surface area contributed by atoms with Crippen molar-refractivity contribution in [1.29, 1.82) is 0 Å². The van der Waals surface area contributed by atoms with Crippen LogP contribution in [0.5, 0.6) is 11.5 Å². The van der Waals surface area contributed by atoms with Gasteiger partial charge >= 0.3 is 11.9 Å². The van der Waals surface area contributed by atoms with Crippen molar-refractivity contribution in [1.82, 2.24) is 0 Å². The van der Waals surface area contributed by atoms with Crippen molar-refractivity contribution in [3.8, 4) is 11.5 Å². The van der Waals surface area contributed by atoms with Crippen LogP contribution in [0.4, 0.5) is 0 Å². The number of hydrogen-bond donors (Lipinski definition) is 1. The maximum Gasteiger partial charge on any atom is 0.341 e. The molecule has 0 saturated heterocycles. The van der Waals surface area contributed by atoms with E-state index < -0.39 is 18.5 Å². The van der Waals surface area contributed by atoms with Gasteiger partial charge in [0.05, 0.1) is 19.8 Å². The summed E-state index contributed by atoms with van der Waals surface area (Å²) < 4.78 is 14.5. The average molecular weight is 240 g/mol. The van der Waals surface area contributed by atoms with E-state index >= 15 is 0 Å². The van der Waals surface area contributed by atoms with Gasteiger partial charge in [0.25, 0.3) is 0 Å². The number of rotatable bonds is 5. The molecule has 1 N–H and O–H groups in total. The van der Waals surface area contributed by atoms with Gasteiger partial charge in [0.1, 0.15) is 0 Å². The second-order valence-corrected chi connectivity index (χ2v) is 3.04. The second kappa shape index (κ2) is 5.74. The van der Waals surface area contributed by atoms with Crippen molar-refractivity contribution < 1.29 is 28.9 Å². The van der Waals surface area contributed by atoms with Crippen LogP contribution in [0.25, 0.3) is 0 Å². The van der Waals surface area contributed by atoms with Crippen LogP contribution in [0.15, 0.2) is 18.2 Å². The molecule has 0 amide bonds. The first-order valence-electron chi connectivity index (χ1n) is 4.69. The lowest BCUT2D eigenvalue weighted by molar-refractivity contribution is -0.139. The van der Waals surface area contributed by atoms with E-state index in [0.717, 1.165) is 0 Å². The van der Waals surface area contributed by atoms with Crippen molar-refractivity contribution in [2.24, 2.45) is 0 Å². The molecule has 6 nitrogen and oxygen atoms in total. The Labute approximate surface area is 97.7 Å². The molecule has 6 heteroatoms. The minimum absolute atomic E-state index is 0.179. The predicted octanol–water partition coefficient (Wildman–Crippen LogP) is 0.945. The zero-order valence-corrected chi connectivity index (χ0v) is 9.43. The van der Waals surface area contributed by atoms with Crippen LogP contribution in [0.3, 0.4) is 0 Å². The Morgan fingerprint density at radius 3 is 2.47 bits per heavy atom. The van der Waals surface area contributed by atoms with E-state index in [4.69, 9.17) is 14.6 Å². The molecule has 0 unspecified atom stereocenters. The number of carboxylic acids is 1. The monoisotopic (exact) mass is 240 g/mol. The molecule has 0 heterocycles. The van der Waals surface area contributed by atoms with Crippen molar-refractivity contribution in [3.63, 3.8) is 0 Å². The third-order valence-electron chi connectivity index (χ3n) is 1.94. The van der Waals surface area contributed by atoms with Crippen molar-refractivity contribution in [2.45, 2.75) is 0 Å². The molecule has 0 fully saturated rings. The quantitative estimate of drug-likeness (QED) is 0.771. The third kappa shape index (κ3) is 3.37. The Kier molecular flexibility index (Phi) is 4.33. The number of carbonyl (C=O) groups excluding carboxylic acids is 1. The van der Waals surface area contributed by atoms with Crippen LogP contribution >= 0.6 is 0 Å². The highest BCUT2D eigenvalue weighted by molar-refractivity contribution is 5.90. The molecule has 0 atom stereocenters. The van der Waals surface area contributed by atoms with Gasteiger partial charge in [0, 0.05) is 0 Å². The lowest BCUT2D eigenvalue weighted by Crippen LogP contribution is -2.11. The molecular formula is C11H12O6.